The number of allylic oxidation sites excluding steroid dienone is 4. The Balaban J connectivity index is 1.63. The first-order valence-corrected chi connectivity index (χ1v) is 14.4. The fourth-order valence-corrected chi connectivity index (χ4v) is 4.90. The van der Waals surface area contributed by atoms with Gasteiger partial charge in [0.25, 0.3) is 5.91 Å². The van der Waals surface area contributed by atoms with E-state index in [1.165, 1.54) is 42.3 Å². The maximum absolute atomic E-state index is 13.8. The normalized spacial score (nSPS) is 14.4. The van der Waals surface area contributed by atoms with Gasteiger partial charge >= 0.3 is 5.97 Å². The summed E-state index contributed by atoms with van der Waals surface area (Å²) < 4.78 is 0. The molecular weight excluding hydrogens is 542 g/mol. The predicted octanol–water partition coefficient (Wildman–Crippen LogP) is 6.27. The van der Waals surface area contributed by atoms with Crippen molar-refractivity contribution < 1.29 is 29.4 Å². The van der Waals surface area contributed by atoms with Crippen LogP contribution >= 0.6 is 0 Å². The molecule has 7 nitrogen and oxygen atoms in total. The second kappa shape index (κ2) is 13.6. The van der Waals surface area contributed by atoms with Crippen LogP contribution in [0.2, 0.25) is 0 Å². The smallest absolute Gasteiger partial charge is 0.334 e. The lowest BCUT2D eigenvalue weighted by Crippen LogP contribution is -2.36. The highest BCUT2D eigenvalue weighted by atomic mass is 16.4. The maximum Gasteiger partial charge on any atom is 0.334 e. The van der Waals surface area contributed by atoms with Crippen molar-refractivity contribution >= 4 is 34.6 Å². The van der Waals surface area contributed by atoms with Crippen LogP contribution in [0.4, 0.5) is 0 Å². The van der Waals surface area contributed by atoms with Crippen molar-refractivity contribution in [2.45, 2.75) is 58.0 Å². The summed E-state index contributed by atoms with van der Waals surface area (Å²) in [6.45, 7) is 5.85. The van der Waals surface area contributed by atoms with Crippen LogP contribution in [0.1, 0.15) is 94.2 Å². The Bertz CT molecular complexity index is 1560. The molecule has 3 aromatic rings. The maximum atomic E-state index is 13.8. The highest BCUT2D eigenvalue weighted by Gasteiger charge is 2.20. The third-order valence-electron chi connectivity index (χ3n) is 7.56. The van der Waals surface area contributed by atoms with Gasteiger partial charge in [-0.25, -0.2) is 4.79 Å². The van der Waals surface area contributed by atoms with E-state index in [9.17, 15) is 24.3 Å². The van der Waals surface area contributed by atoms with Gasteiger partial charge in [-0.05, 0) is 71.6 Å². The first-order valence-electron chi connectivity index (χ1n) is 14.4. The van der Waals surface area contributed by atoms with Gasteiger partial charge in [0.1, 0.15) is 0 Å². The number of nitrogens with one attached hydrogen (secondary N) is 1. The van der Waals surface area contributed by atoms with Crippen molar-refractivity contribution in [2.24, 2.45) is 0 Å². The monoisotopic (exact) mass is 579 g/mol. The van der Waals surface area contributed by atoms with E-state index in [4.69, 9.17) is 5.11 Å². The third kappa shape index (κ3) is 8.02. The summed E-state index contributed by atoms with van der Waals surface area (Å²) in [7, 11) is 0. The number of aliphatic carboxylic acids is 1. The molecule has 0 saturated heterocycles. The van der Waals surface area contributed by atoms with Crippen molar-refractivity contribution in [1.82, 2.24) is 5.32 Å². The van der Waals surface area contributed by atoms with Crippen LogP contribution in [0.5, 0.6) is 0 Å². The van der Waals surface area contributed by atoms with Crippen LogP contribution in [0, 0.1) is 0 Å². The van der Waals surface area contributed by atoms with Gasteiger partial charge < -0.3 is 15.5 Å². The fourth-order valence-electron chi connectivity index (χ4n) is 4.90. The lowest BCUT2D eigenvalue weighted by molar-refractivity contribution is -0.146. The molecule has 3 aromatic carbocycles. The molecule has 0 heterocycles. The Morgan fingerprint density at radius 3 is 1.95 bits per heavy atom. The van der Waals surface area contributed by atoms with E-state index >= 15 is 0 Å². The molecular formula is C36H37NO6. The first kappa shape index (κ1) is 31.3. The molecule has 3 N–H and O–H groups in total. The van der Waals surface area contributed by atoms with Crippen molar-refractivity contribution in [2.75, 3.05) is 6.54 Å². The number of benzene rings is 3. The number of carboxylic acid groups (broad SMARTS) is 1. The zero-order valence-electron chi connectivity index (χ0n) is 24.7. The van der Waals surface area contributed by atoms with E-state index in [0.717, 1.165) is 30.4 Å². The Morgan fingerprint density at radius 1 is 0.814 bits per heavy atom. The summed E-state index contributed by atoms with van der Waals surface area (Å²) in [4.78, 5) is 50.4. The van der Waals surface area contributed by atoms with Crippen LogP contribution in [0.3, 0.4) is 0 Å². The molecule has 0 saturated carbocycles. The molecule has 4 rings (SSSR count). The largest absolute Gasteiger partial charge is 0.479 e. The molecule has 0 fully saturated rings. The molecule has 1 aliphatic rings. The van der Waals surface area contributed by atoms with Gasteiger partial charge in [0, 0.05) is 22.3 Å². The minimum Gasteiger partial charge on any atom is -0.479 e. The Kier molecular flexibility index (Phi) is 9.88. The molecule has 7 heteroatoms. The van der Waals surface area contributed by atoms with Gasteiger partial charge in [0.2, 0.25) is 0 Å². The molecule has 1 aliphatic carbocycles. The second-order valence-corrected chi connectivity index (χ2v) is 11.8. The number of carbonyl (C=O) groups excluding carboxylic acids is 3. The van der Waals surface area contributed by atoms with Crippen molar-refractivity contribution in [3.63, 3.8) is 0 Å². The number of hydrogen-bond donors (Lipinski definition) is 3. The van der Waals surface area contributed by atoms with Crippen molar-refractivity contribution in [3.05, 3.63) is 118 Å². The van der Waals surface area contributed by atoms with Gasteiger partial charge in [-0.1, -0.05) is 87.5 Å². The Hall–Kier alpha value is -4.62. The average molecular weight is 580 g/mol. The Morgan fingerprint density at radius 2 is 1.40 bits per heavy atom. The van der Waals surface area contributed by atoms with Gasteiger partial charge in [-0.3, -0.25) is 14.4 Å². The van der Waals surface area contributed by atoms with E-state index in [2.05, 4.69) is 32.2 Å². The van der Waals surface area contributed by atoms with Crippen LogP contribution in [-0.2, 0) is 10.2 Å². The molecule has 0 aromatic heterocycles. The van der Waals surface area contributed by atoms with Gasteiger partial charge in [-0.15, -0.1) is 0 Å². The zero-order valence-corrected chi connectivity index (χ0v) is 24.7. The standard InChI is InChI=1S/C36H37NO6/c1-36(2,3)29-19-17-26(18-20-29)31(38)21-30(25-11-9-24(10-12-25)23-7-5-4-6-8-23)33(40)27-13-15-28(16-14-27)34(41)37-22-32(39)35(42)43/h7,9-21,32,39H,4-6,8,22H2,1-3H3,(H,37,41)(H,42,43)/t32-/m1/s1. The lowest BCUT2D eigenvalue weighted by Gasteiger charge is -2.18. The van der Waals surface area contributed by atoms with E-state index in [1.807, 2.05) is 36.4 Å². The lowest BCUT2D eigenvalue weighted by atomic mass is 9.86. The van der Waals surface area contributed by atoms with Crippen LogP contribution in [0.25, 0.3) is 11.1 Å². The molecule has 0 spiro atoms. The topological polar surface area (TPSA) is 121 Å². The summed E-state index contributed by atoms with van der Waals surface area (Å²) in [5.41, 5.74) is 5.20. The van der Waals surface area contributed by atoms with E-state index in [0.29, 0.717) is 11.1 Å². The average Bonchev–Trinajstić information content (AvgIpc) is 3.02. The minimum atomic E-state index is -1.72. The predicted molar refractivity (Wildman–Crippen MR) is 167 cm³/mol. The molecule has 43 heavy (non-hydrogen) atoms. The summed E-state index contributed by atoms with van der Waals surface area (Å²) in [5.74, 6) is -2.70. The molecule has 1 amide bonds. The number of amides is 1. The molecule has 222 valence electrons. The Labute approximate surface area is 252 Å². The first-order chi connectivity index (χ1) is 20.4. The van der Waals surface area contributed by atoms with Gasteiger partial charge in [0.15, 0.2) is 17.7 Å². The summed E-state index contributed by atoms with van der Waals surface area (Å²) in [5, 5.41) is 20.6. The highest BCUT2D eigenvalue weighted by molar-refractivity contribution is 6.32. The van der Waals surface area contributed by atoms with Crippen LogP contribution in [0.15, 0.2) is 84.9 Å². The van der Waals surface area contributed by atoms with Crippen LogP contribution < -0.4 is 5.32 Å². The fraction of sp³-hybridized carbons (Fsp3) is 0.278. The molecule has 0 unspecified atom stereocenters. The number of aliphatic hydroxyl groups excluding tert-OH is 1. The van der Waals surface area contributed by atoms with E-state index in [-0.39, 0.29) is 33.7 Å². The van der Waals surface area contributed by atoms with Gasteiger partial charge in [0.05, 0.1) is 6.54 Å². The number of hydrogen-bond acceptors (Lipinski definition) is 5. The minimum absolute atomic E-state index is 0.0623. The van der Waals surface area contributed by atoms with Crippen LogP contribution in [-0.4, -0.2) is 46.3 Å². The van der Waals surface area contributed by atoms with Crippen molar-refractivity contribution in [1.29, 1.82) is 0 Å². The quantitative estimate of drug-likeness (QED) is 0.192. The molecule has 1 atom stereocenters. The number of ketones is 2. The number of rotatable bonds is 10. The second-order valence-electron chi connectivity index (χ2n) is 11.8. The number of Topliss-reactive ketones (excluding diaryl/α,β-unsaturated/α-hetero) is 1. The van der Waals surface area contributed by atoms with Gasteiger partial charge in [-0.2, -0.15) is 0 Å². The number of aliphatic hydroxyl groups is 1. The number of carboxylic acids is 1. The molecule has 0 radical (unpaired) electrons. The summed E-state index contributed by atoms with van der Waals surface area (Å²) >= 11 is 0. The zero-order chi connectivity index (χ0) is 31.1. The SMILES string of the molecule is CC(C)(C)c1ccc(C(=O)C=C(C(=O)c2ccc(C(=O)NC[C@@H](O)C(=O)O)cc2)c2ccc(C3=CCCCC3)cc2)cc1. The van der Waals surface area contributed by atoms with Crippen molar-refractivity contribution in [3.8, 4) is 0 Å². The molecule has 0 aliphatic heterocycles. The highest BCUT2D eigenvalue weighted by Crippen LogP contribution is 2.29. The van der Waals surface area contributed by atoms with E-state index in [1.54, 1.807) is 12.1 Å². The number of carbonyl (C=O) groups is 4. The summed E-state index contributed by atoms with van der Waals surface area (Å²) in [6, 6.07) is 20.9. The molecule has 0 bridgehead atoms. The summed E-state index contributed by atoms with van der Waals surface area (Å²) in [6.07, 6.45) is 6.31. The van der Waals surface area contributed by atoms with E-state index < -0.39 is 24.5 Å². The third-order valence-corrected chi connectivity index (χ3v) is 7.56.